The van der Waals surface area contributed by atoms with Gasteiger partial charge in [0.25, 0.3) is 0 Å². The maximum atomic E-state index is 4.41. The van der Waals surface area contributed by atoms with Crippen molar-refractivity contribution in [1.29, 1.82) is 0 Å². The average molecular weight is 1120 g/mol. The molecule has 10 heterocycles. The van der Waals surface area contributed by atoms with Gasteiger partial charge in [-0.1, -0.05) is 105 Å². The SMILES string of the molecule is C=CCN1C2C3N(C(=C)C)C(C4N(CC=C)C1C(N4C(=C)C)N3C(=C)C)N2CC=C.C=CN1C2C3N(C=CC)C(C4N(C=C)C1C(N4C=CC)N3/C=C\C)N2C=C.PI.[W]. The topological polar surface area (TPSA) is 38.9 Å². The monoisotopic (exact) mass is 1120 g/mol. The largest absolute Gasteiger partial charge is 0.334 e. The van der Waals surface area contributed by atoms with Crippen LogP contribution in [0.2, 0.25) is 0 Å². The molecule has 10 fully saturated rings. The van der Waals surface area contributed by atoms with Crippen LogP contribution in [0.15, 0.2) is 150 Å². The summed E-state index contributed by atoms with van der Waals surface area (Å²) in [6.45, 7) is 55.3. The molecule has 12 bridgehead atoms. The second-order valence-electron chi connectivity index (χ2n) is 16.0. The minimum absolute atomic E-state index is 0. The van der Waals surface area contributed by atoms with Gasteiger partial charge in [0.2, 0.25) is 0 Å². The second kappa shape index (κ2) is 19.5. The van der Waals surface area contributed by atoms with Crippen LogP contribution in [0.5, 0.6) is 0 Å². The fourth-order valence-electron chi connectivity index (χ4n) is 11.7. The summed E-state index contributed by atoms with van der Waals surface area (Å²) in [6, 6.07) is 0. The molecule has 0 N–H and O–H groups in total. The summed E-state index contributed by atoms with van der Waals surface area (Å²) in [6.07, 6.45) is 26.7. The number of allylic oxidation sites excluding steroid dienone is 6. The fourth-order valence-corrected chi connectivity index (χ4v) is 11.7. The summed E-state index contributed by atoms with van der Waals surface area (Å²) in [5.41, 5.74) is 3.20. The van der Waals surface area contributed by atoms with Crippen molar-refractivity contribution in [2.45, 2.75) is 116 Å². The quantitative estimate of drug-likeness (QED) is 0.0963. The number of hydrogen-bond acceptors (Lipinski definition) is 12. The zero-order valence-electron chi connectivity index (χ0n) is 36.6. The molecule has 10 aliphatic rings. The van der Waals surface area contributed by atoms with Gasteiger partial charge in [0.1, 0.15) is 74.0 Å². The molecule has 13 atom stereocenters. The van der Waals surface area contributed by atoms with Gasteiger partial charge < -0.3 is 44.1 Å². The van der Waals surface area contributed by atoms with Gasteiger partial charge in [-0.15, -0.1) is 19.7 Å². The van der Waals surface area contributed by atoms with E-state index < -0.39 is 0 Å². The second-order valence-corrected chi connectivity index (χ2v) is 16.0. The zero-order chi connectivity index (χ0) is 43.2. The van der Waals surface area contributed by atoms with E-state index in [1.807, 2.05) is 36.8 Å². The Labute approximate surface area is 391 Å². The third kappa shape index (κ3) is 6.80. The van der Waals surface area contributed by atoms with Gasteiger partial charge in [-0.05, 0) is 78.7 Å². The molecule has 0 aliphatic carbocycles. The molecule has 60 heavy (non-hydrogen) atoms. The molecule has 0 aromatic heterocycles. The Morgan fingerprint density at radius 3 is 0.883 bits per heavy atom. The molecule has 326 valence electrons. The standard InChI is InChI=1S/C24H36N6.C21H30N6.H2IP.W/c1-10-13-25-19-23-28(16(4)5)21(26(19)14-11-2)22-27(15-12-3)20(25)24(29(22)17(6)7)30(23)18(8)9;1-7-13-25-18-19-24(12-6)17-21(26(19)14-8-2)27(15-9-3)20(25)16(22(17)10-4)23(18)11-5;1-2;/h10-12,19-24H,1-4,6,8,13-15H2,5,7,9H3;7-21H,4-6H2,1-3H3;2H2;/b;13-7?,14-8?,15-9-;;. The first-order chi connectivity index (χ1) is 28.5. The number of rotatable bonds is 15. The van der Waals surface area contributed by atoms with Crippen molar-refractivity contribution in [3.63, 3.8) is 0 Å². The van der Waals surface area contributed by atoms with E-state index in [4.69, 9.17) is 0 Å². The van der Waals surface area contributed by atoms with E-state index in [9.17, 15) is 0 Å². The van der Waals surface area contributed by atoms with Crippen LogP contribution in [0, 0.1) is 0 Å². The van der Waals surface area contributed by atoms with Gasteiger partial charge in [-0.2, -0.15) is 0 Å². The van der Waals surface area contributed by atoms with Crippen molar-refractivity contribution >= 4 is 28.9 Å². The Hall–Kier alpha value is -3.19. The van der Waals surface area contributed by atoms with Crippen molar-refractivity contribution in [1.82, 2.24) is 58.8 Å². The molecule has 0 aromatic carbocycles. The molecule has 10 rings (SSSR count). The molecule has 0 aromatic rings. The third-order valence-electron chi connectivity index (χ3n) is 13.0. The maximum absolute atomic E-state index is 4.41. The summed E-state index contributed by atoms with van der Waals surface area (Å²) in [5, 5.41) is 0. The minimum Gasteiger partial charge on any atom is -0.334 e. The van der Waals surface area contributed by atoms with E-state index in [-0.39, 0.29) is 95.1 Å². The number of nitrogens with zero attached hydrogens (tertiary/aromatic N) is 12. The first-order valence-electron chi connectivity index (χ1n) is 20.6. The van der Waals surface area contributed by atoms with E-state index in [1.54, 1.807) is 0 Å². The molecule has 15 heteroatoms. The van der Waals surface area contributed by atoms with Gasteiger partial charge in [-0.25, -0.2) is 0 Å². The molecule has 0 saturated carbocycles. The predicted molar refractivity (Wildman–Crippen MR) is 256 cm³/mol. The number of hydrogen-bond donors (Lipinski definition) is 0. The van der Waals surface area contributed by atoms with Crippen molar-refractivity contribution in [2.75, 3.05) is 19.6 Å². The molecule has 0 spiro atoms. The summed E-state index contributed by atoms with van der Waals surface area (Å²) in [5.74, 6) is 0. The normalized spacial score (nSPS) is 34.3. The van der Waals surface area contributed by atoms with Crippen LogP contribution in [0.25, 0.3) is 0 Å². The van der Waals surface area contributed by atoms with Gasteiger partial charge in [0.05, 0.1) is 0 Å². The summed E-state index contributed by atoms with van der Waals surface area (Å²) in [7, 11) is 0. The van der Waals surface area contributed by atoms with Crippen LogP contribution in [0.3, 0.4) is 0 Å². The Morgan fingerprint density at radius 1 is 0.417 bits per heavy atom. The van der Waals surface area contributed by atoms with Crippen molar-refractivity contribution in [3.8, 4) is 0 Å². The molecule has 0 amide bonds. The van der Waals surface area contributed by atoms with E-state index in [0.29, 0.717) is 0 Å². The van der Waals surface area contributed by atoms with Crippen LogP contribution >= 0.6 is 28.9 Å². The molecule has 13 unspecified atom stereocenters. The summed E-state index contributed by atoms with van der Waals surface area (Å²) in [4.78, 5) is 29.7. The Balaban J connectivity index is 0.000000216. The van der Waals surface area contributed by atoms with E-state index in [2.05, 4.69) is 225 Å². The molecule has 10 saturated heterocycles. The van der Waals surface area contributed by atoms with Gasteiger partial charge in [0, 0.05) is 57.8 Å². The molecular weight excluding hydrogens is 1050 g/mol. The van der Waals surface area contributed by atoms with Crippen molar-refractivity contribution < 1.29 is 21.1 Å². The van der Waals surface area contributed by atoms with E-state index >= 15 is 0 Å². The zero-order valence-corrected chi connectivity index (χ0v) is 42.8. The first-order valence-corrected chi connectivity index (χ1v) is 24.7. The van der Waals surface area contributed by atoms with Crippen LogP contribution < -0.4 is 0 Å². The molecule has 12 nitrogen and oxygen atoms in total. The number of halogens is 1. The van der Waals surface area contributed by atoms with Crippen molar-refractivity contribution in [3.05, 3.63) is 150 Å². The van der Waals surface area contributed by atoms with E-state index in [0.717, 1.165) is 36.7 Å². The minimum atomic E-state index is 0. The van der Waals surface area contributed by atoms with Gasteiger partial charge in [0.15, 0.2) is 0 Å². The fraction of sp³-hybridized carbons (Fsp3) is 0.467. The smallest absolute Gasteiger partial charge is 0.144 e. The third-order valence-corrected chi connectivity index (χ3v) is 13.0. The van der Waals surface area contributed by atoms with Gasteiger partial charge >= 0.3 is 0 Å². The van der Waals surface area contributed by atoms with Crippen LogP contribution in [0.1, 0.15) is 41.5 Å². The van der Waals surface area contributed by atoms with Crippen LogP contribution in [-0.4, -0.2) is 152 Å². The Morgan fingerprint density at radius 2 is 0.650 bits per heavy atom. The first kappa shape index (κ1) is 47.9. The molecule has 0 radical (unpaired) electrons. The summed E-state index contributed by atoms with van der Waals surface area (Å²) < 4.78 is 0. The van der Waals surface area contributed by atoms with E-state index in [1.165, 1.54) is 0 Å². The Bertz CT molecular complexity index is 1680. The number of piperazine rings is 2. The summed E-state index contributed by atoms with van der Waals surface area (Å²) >= 11 is 2.07. The van der Waals surface area contributed by atoms with Crippen molar-refractivity contribution in [2.24, 2.45) is 0 Å². The van der Waals surface area contributed by atoms with Crippen LogP contribution in [0.4, 0.5) is 0 Å². The molecular formula is C45H68IN12PW. The van der Waals surface area contributed by atoms with Crippen LogP contribution in [-0.2, 0) is 21.1 Å². The predicted octanol–water partition coefficient (Wildman–Crippen LogP) is 7.02. The maximum Gasteiger partial charge on any atom is 0.144 e. The van der Waals surface area contributed by atoms with Gasteiger partial charge in [-0.3, -0.25) is 14.7 Å². The molecule has 10 aliphatic heterocycles. The Kier molecular flexibility index (Phi) is 15.5. The average Bonchev–Trinajstić information content (AvgIpc) is 3.84.